The van der Waals surface area contributed by atoms with E-state index in [9.17, 15) is 0 Å². The third-order valence-corrected chi connectivity index (χ3v) is 7.34. The number of likely N-dealkylation sites (tertiary alicyclic amines) is 1. The van der Waals surface area contributed by atoms with Crippen molar-refractivity contribution in [3.63, 3.8) is 0 Å². The van der Waals surface area contributed by atoms with Gasteiger partial charge < -0.3 is 15.4 Å². The van der Waals surface area contributed by atoms with Crippen LogP contribution in [-0.4, -0.2) is 67.8 Å². The van der Waals surface area contributed by atoms with Crippen molar-refractivity contribution < 1.29 is 4.74 Å². The normalized spacial score (nSPS) is 21.4. The molecule has 2 fully saturated rings. The second-order valence-electron chi connectivity index (χ2n) is 7.70. The van der Waals surface area contributed by atoms with Gasteiger partial charge in [-0.15, -0.1) is 0 Å². The van der Waals surface area contributed by atoms with Crippen LogP contribution in [0.3, 0.4) is 0 Å². The quantitative estimate of drug-likeness (QED) is 0.514. The van der Waals surface area contributed by atoms with Gasteiger partial charge in [0.1, 0.15) is 0 Å². The van der Waals surface area contributed by atoms with Crippen molar-refractivity contribution in [3.8, 4) is 0 Å². The third kappa shape index (κ3) is 5.88. The van der Waals surface area contributed by atoms with Crippen LogP contribution < -0.4 is 10.6 Å². The van der Waals surface area contributed by atoms with Gasteiger partial charge in [-0.25, -0.2) is 0 Å². The zero-order chi connectivity index (χ0) is 19.7. The molecular weight excluding hydrogens is 368 g/mol. The molecule has 0 aliphatic carbocycles. The number of rotatable bonds is 8. The molecule has 0 aromatic heterocycles. The van der Waals surface area contributed by atoms with Gasteiger partial charge in [-0.3, -0.25) is 9.89 Å². The lowest BCUT2D eigenvalue weighted by atomic mass is 9.99. The van der Waals surface area contributed by atoms with E-state index < -0.39 is 0 Å². The van der Waals surface area contributed by atoms with Gasteiger partial charge in [-0.2, -0.15) is 11.8 Å². The smallest absolute Gasteiger partial charge is 0.191 e. The lowest BCUT2D eigenvalue weighted by Crippen LogP contribution is -2.49. The summed E-state index contributed by atoms with van der Waals surface area (Å²) in [4.78, 5) is 7.09. The summed E-state index contributed by atoms with van der Waals surface area (Å²) in [5.41, 5.74) is 1.38. The highest BCUT2D eigenvalue weighted by atomic mass is 32.2. The van der Waals surface area contributed by atoms with E-state index in [0.29, 0.717) is 6.04 Å². The molecule has 156 valence electrons. The van der Waals surface area contributed by atoms with Crippen LogP contribution in [0.15, 0.2) is 35.3 Å². The van der Waals surface area contributed by atoms with Crippen LogP contribution in [-0.2, 0) is 4.74 Å². The first-order chi connectivity index (χ1) is 13.8. The molecule has 2 aliphatic heterocycles. The molecule has 0 spiro atoms. The fourth-order valence-corrected chi connectivity index (χ4v) is 5.51. The van der Waals surface area contributed by atoms with E-state index in [2.05, 4.69) is 69.5 Å². The van der Waals surface area contributed by atoms with Gasteiger partial charge in [-0.1, -0.05) is 37.3 Å². The number of nitrogens with one attached hydrogen (secondary N) is 2. The van der Waals surface area contributed by atoms with Crippen molar-refractivity contribution in [2.75, 3.05) is 52.2 Å². The number of guanidine groups is 1. The summed E-state index contributed by atoms with van der Waals surface area (Å²) in [5, 5.41) is 7.21. The van der Waals surface area contributed by atoms with Gasteiger partial charge in [-0.05, 0) is 50.1 Å². The molecule has 1 atom stereocenters. The Morgan fingerprint density at radius 1 is 1.18 bits per heavy atom. The maximum absolute atomic E-state index is 5.60. The number of thioether (sulfide) groups is 1. The molecule has 0 radical (unpaired) electrons. The van der Waals surface area contributed by atoms with Crippen molar-refractivity contribution in [1.29, 1.82) is 0 Å². The average Bonchev–Trinajstić information content (AvgIpc) is 3.27. The van der Waals surface area contributed by atoms with E-state index >= 15 is 0 Å². The van der Waals surface area contributed by atoms with Crippen LogP contribution in [0.25, 0.3) is 0 Å². The molecule has 5 nitrogen and oxygen atoms in total. The minimum Gasteiger partial charge on any atom is -0.381 e. The van der Waals surface area contributed by atoms with Crippen molar-refractivity contribution in [2.24, 2.45) is 4.99 Å². The first kappa shape index (κ1) is 21.5. The van der Waals surface area contributed by atoms with Crippen LogP contribution in [0, 0.1) is 0 Å². The molecule has 3 rings (SSSR count). The summed E-state index contributed by atoms with van der Waals surface area (Å²) in [5.74, 6) is 2.04. The Balaban J connectivity index is 1.58. The summed E-state index contributed by atoms with van der Waals surface area (Å²) < 4.78 is 5.86. The molecule has 0 bridgehead atoms. The summed E-state index contributed by atoms with van der Waals surface area (Å²) >= 11 is 2.06. The minimum absolute atomic E-state index is 0.262. The molecule has 1 aromatic rings. The number of ether oxygens (including phenoxy) is 1. The summed E-state index contributed by atoms with van der Waals surface area (Å²) in [6, 6.07) is 11.3. The maximum Gasteiger partial charge on any atom is 0.191 e. The van der Waals surface area contributed by atoms with E-state index in [0.717, 1.165) is 50.9 Å². The highest BCUT2D eigenvalue weighted by Crippen LogP contribution is 2.34. The molecule has 2 heterocycles. The monoisotopic (exact) mass is 404 g/mol. The Kier molecular flexibility index (Phi) is 8.49. The van der Waals surface area contributed by atoms with E-state index in [1.54, 1.807) is 0 Å². The van der Waals surface area contributed by atoms with Gasteiger partial charge >= 0.3 is 0 Å². The van der Waals surface area contributed by atoms with Crippen molar-refractivity contribution in [1.82, 2.24) is 15.5 Å². The molecule has 6 heteroatoms. The number of nitrogens with zero attached hydrogens (tertiary/aromatic N) is 2. The van der Waals surface area contributed by atoms with Gasteiger partial charge in [0.05, 0.1) is 6.04 Å². The van der Waals surface area contributed by atoms with E-state index in [4.69, 9.17) is 4.74 Å². The Bertz CT molecular complexity index is 592. The van der Waals surface area contributed by atoms with Gasteiger partial charge in [0, 0.05) is 38.1 Å². The molecule has 0 amide bonds. The predicted molar refractivity (Wildman–Crippen MR) is 120 cm³/mol. The zero-order valence-electron chi connectivity index (χ0n) is 17.5. The zero-order valence-corrected chi connectivity index (χ0v) is 18.3. The van der Waals surface area contributed by atoms with Crippen molar-refractivity contribution in [2.45, 2.75) is 43.4 Å². The van der Waals surface area contributed by atoms with Crippen molar-refractivity contribution >= 4 is 17.7 Å². The Labute approximate surface area is 174 Å². The summed E-state index contributed by atoms with van der Waals surface area (Å²) in [7, 11) is 1.87. The first-order valence-electron chi connectivity index (χ1n) is 10.7. The number of hydrogen-bond acceptors (Lipinski definition) is 4. The molecule has 1 aromatic carbocycles. The second kappa shape index (κ2) is 11.1. The highest BCUT2D eigenvalue weighted by Gasteiger charge is 2.33. The number of benzene rings is 1. The maximum atomic E-state index is 5.60. The molecule has 1 unspecified atom stereocenters. The highest BCUT2D eigenvalue weighted by molar-refractivity contribution is 8.00. The fraction of sp³-hybridized carbons (Fsp3) is 0.682. The minimum atomic E-state index is 0.262. The summed E-state index contributed by atoms with van der Waals surface area (Å²) in [6.07, 6.45) is 4.82. The van der Waals surface area contributed by atoms with Gasteiger partial charge in [0.25, 0.3) is 0 Å². The standard InChI is InChI=1S/C22H36N4OS/c1-3-28-22(11-15-27-16-12-22)18-25-21(23-2)24-17-20(26-13-7-8-14-26)19-9-5-4-6-10-19/h4-6,9-10,20H,3,7-8,11-18H2,1-2H3,(H2,23,24,25). The van der Waals surface area contributed by atoms with Gasteiger partial charge in [0.2, 0.25) is 0 Å². The van der Waals surface area contributed by atoms with Crippen LogP contribution in [0.2, 0.25) is 0 Å². The van der Waals surface area contributed by atoms with E-state index in [1.165, 1.54) is 31.5 Å². The van der Waals surface area contributed by atoms with Crippen LogP contribution in [0.1, 0.15) is 44.2 Å². The van der Waals surface area contributed by atoms with Crippen LogP contribution in [0.4, 0.5) is 0 Å². The Morgan fingerprint density at radius 2 is 1.89 bits per heavy atom. The predicted octanol–water partition coefficient (Wildman–Crippen LogP) is 3.29. The third-order valence-electron chi connectivity index (χ3n) is 5.88. The van der Waals surface area contributed by atoms with E-state index in [-0.39, 0.29) is 4.75 Å². The molecule has 28 heavy (non-hydrogen) atoms. The number of hydrogen-bond donors (Lipinski definition) is 2. The topological polar surface area (TPSA) is 48.9 Å². The largest absolute Gasteiger partial charge is 0.381 e. The van der Waals surface area contributed by atoms with Crippen LogP contribution in [0.5, 0.6) is 0 Å². The Hall–Kier alpha value is -1.24. The van der Waals surface area contributed by atoms with Crippen LogP contribution >= 0.6 is 11.8 Å². The lowest BCUT2D eigenvalue weighted by Gasteiger charge is -2.37. The molecular formula is C22H36N4OS. The average molecular weight is 405 g/mol. The molecule has 2 saturated heterocycles. The second-order valence-corrected chi connectivity index (χ2v) is 9.44. The molecule has 2 aliphatic rings. The van der Waals surface area contributed by atoms with Gasteiger partial charge in [0.15, 0.2) is 5.96 Å². The molecule has 2 N–H and O–H groups in total. The Morgan fingerprint density at radius 3 is 2.54 bits per heavy atom. The van der Waals surface area contributed by atoms with E-state index in [1.807, 2.05) is 7.05 Å². The fourth-order valence-electron chi connectivity index (χ4n) is 4.27. The van der Waals surface area contributed by atoms with Crippen molar-refractivity contribution in [3.05, 3.63) is 35.9 Å². The first-order valence-corrected chi connectivity index (χ1v) is 11.7. The molecule has 0 saturated carbocycles. The SMILES string of the molecule is CCSC1(CNC(=NC)NCC(c2ccccc2)N2CCCC2)CCOCC1. The summed E-state index contributed by atoms with van der Waals surface area (Å²) in [6.45, 7) is 8.16. The number of aliphatic imine (C=N–C) groups is 1. The lowest BCUT2D eigenvalue weighted by molar-refractivity contribution is 0.0782.